The van der Waals surface area contributed by atoms with Gasteiger partial charge in [-0.25, -0.2) is 0 Å². The number of ether oxygens (including phenoxy) is 2. The van der Waals surface area contributed by atoms with E-state index >= 15 is 0 Å². The Hall–Kier alpha value is -1.23. The number of benzene rings is 1. The van der Waals surface area contributed by atoms with E-state index in [-0.39, 0.29) is 10.7 Å². The van der Waals surface area contributed by atoms with E-state index in [1.165, 1.54) is 0 Å². The first-order valence-corrected chi connectivity index (χ1v) is 7.05. The average Bonchev–Trinajstić information content (AvgIpc) is 2.45. The topological polar surface area (TPSA) is 38.8 Å². The summed E-state index contributed by atoms with van der Waals surface area (Å²) in [5.41, 5.74) is 1.00. The van der Waals surface area contributed by atoms with Crippen LogP contribution in [-0.2, 0) is 11.3 Å². The van der Waals surface area contributed by atoms with Crippen LogP contribution in [0.15, 0.2) is 18.2 Å². The molecule has 1 unspecified atom stereocenters. The SMILES string of the molecule is CCC(Br)C(=O)N(C)Cc1ccc(OC)c(OC)c1. The van der Waals surface area contributed by atoms with Gasteiger partial charge in [0.25, 0.3) is 0 Å². The maximum absolute atomic E-state index is 12.0. The van der Waals surface area contributed by atoms with Crippen LogP contribution >= 0.6 is 15.9 Å². The van der Waals surface area contributed by atoms with Gasteiger partial charge in [0, 0.05) is 13.6 Å². The Morgan fingerprint density at radius 3 is 2.47 bits per heavy atom. The molecule has 0 saturated carbocycles. The lowest BCUT2D eigenvalue weighted by Crippen LogP contribution is -2.32. The Balaban J connectivity index is 2.79. The zero-order valence-electron chi connectivity index (χ0n) is 11.8. The fourth-order valence-corrected chi connectivity index (χ4v) is 2.09. The van der Waals surface area contributed by atoms with Gasteiger partial charge in [0.15, 0.2) is 11.5 Å². The predicted molar refractivity (Wildman–Crippen MR) is 79.0 cm³/mol. The largest absolute Gasteiger partial charge is 0.493 e. The summed E-state index contributed by atoms with van der Waals surface area (Å²) in [7, 11) is 4.99. The lowest BCUT2D eigenvalue weighted by atomic mass is 10.2. The number of amides is 1. The summed E-state index contributed by atoms with van der Waals surface area (Å²) in [5.74, 6) is 1.44. The number of carbonyl (C=O) groups is 1. The van der Waals surface area contributed by atoms with Crippen molar-refractivity contribution in [1.29, 1.82) is 0 Å². The summed E-state index contributed by atoms with van der Waals surface area (Å²) in [6, 6.07) is 5.66. The molecule has 0 aromatic heterocycles. The van der Waals surface area contributed by atoms with E-state index in [0.717, 1.165) is 12.0 Å². The number of alkyl halides is 1. The van der Waals surface area contributed by atoms with E-state index in [1.54, 1.807) is 26.2 Å². The second-order valence-corrected chi connectivity index (χ2v) is 5.36. The molecular weight excluding hydrogens is 310 g/mol. The van der Waals surface area contributed by atoms with Crippen molar-refractivity contribution in [2.24, 2.45) is 0 Å². The van der Waals surface area contributed by atoms with Crippen LogP contribution in [0.1, 0.15) is 18.9 Å². The van der Waals surface area contributed by atoms with Gasteiger partial charge >= 0.3 is 0 Å². The molecule has 0 aliphatic rings. The van der Waals surface area contributed by atoms with E-state index in [1.807, 2.05) is 25.1 Å². The van der Waals surface area contributed by atoms with Crippen molar-refractivity contribution in [3.05, 3.63) is 23.8 Å². The summed E-state index contributed by atoms with van der Waals surface area (Å²) in [6.45, 7) is 2.52. The van der Waals surface area contributed by atoms with Crippen molar-refractivity contribution >= 4 is 21.8 Å². The van der Waals surface area contributed by atoms with Crippen molar-refractivity contribution in [3.8, 4) is 11.5 Å². The van der Waals surface area contributed by atoms with Gasteiger partial charge in [-0.05, 0) is 24.1 Å². The third kappa shape index (κ3) is 4.13. The first-order chi connectivity index (χ1) is 9.03. The van der Waals surface area contributed by atoms with Crippen LogP contribution in [-0.4, -0.2) is 36.9 Å². The van der Waals surface area contributed by atoms with Gasteiger partial charge in [-0.1, -0.05) is 28.9 Å². The maximum atomic E-state index is 12.0. The molecule has 0 heterocycles. The highest BCUT2D eigenvalue weighted by molar-refractivity contribution is 9.10. The van der Waals surface area contributed by atoms with E-state index in [9.17, 15) is 4.79 Å². The van der Waals surface area contributed by atoms with Gasteiger partial charge in [0.1, 0.15) is 0 Å². The van der Waals surface area contributed by atoms with Crippen LogP contribution in [0.3, 0.4) is 0 Å². The second kappa shape index (κ2) is 7.38. The highest BCUT2D eigenvalue weighted by Gasteiger charge is 2.17. The average molecular weight is 330 g/mol. The molecule has 0 aliphatic heterocycles. The quantitative estimate of drug-likeness (QED) is 0.753. The number of methoxy groups -OCH3 is 2. The van der Waals surface area contributed by atoms with Gasteiger partial charge in [0.2, 0.25) is 5.91 Å². The van der Waals surface area contributed by atoms with Gasteiger partial charge in [0.05, 0.1) is 19.0 Å². The molecule has 0 saturated heterocycles. The molecule has 0 fully saturated rings. The van der Waals surface area contributed by atoms with E-state index in [4.69, 9.17) is 9.47 Å². The van der Waals surface area contributed by atoms with Crippen LogP contribution in [0.25, 0.3) is 0 Å². The van der Waals surface area contributed by atoms with Crippen LogP contribution in [0.4, 0.5) is 0 Å². The fraction of sp³-hybridized carbons (Fsp3) is 0.500. The van der Waals surface area contributed by atoms with Gasteiger partial charge in [-0.15, -0.1) is 0 Å². The van der Waals surface area contributed by atoms with Gasteiger partial charge in [-0.2, -0.15) is 0 Å². The minimum Gasteiger partial charge on any atom is -0.493 e. The van der Waals surface area contributed by atoms with Crippen LogP contribution in [0.2, 0.25) is 0 Å². The molecule has 0 N–H and O–H groups in total. The summed E-state index contributed by atoms with van der Waals surface area (Å²) in [4.78, 5) is 13.6. The zero-order chi connectivity index (χ0) is 14.4. The second-order valence-electron chi connectivity index (χ2n) is 4.26. The van der Waals surface area contributed by atoms with Crippen molar-refractivity contribution in [2.75, 3.05) is 21.3 Å². The third-order valence-corrected chi connectivity index (χ3v) is 3.91. The molecule has 0 radical (unpaired) electrons. The molecule has 0 spiro atoms. The Labute approximate surface area is 122 Å². The Morgan fingerprint density at radius 1 is 1.32 bits per heavy atom. The fourth-order valence-electron chi connectivity index (χ4n) is 1.74. The highest BCUT2D eigenvalue weighted by atomic mass is 79.9. The van der Waals surface area contributed by atoms with E-state index in [0.29, 0.717) is 18.0 Å². The van der Waals surface area contributed by atoms with E-state index < -0.39 is 0 Å². The molecule has 5 heteroatoms. The molecule has 1 aromatic carbocycles. The minimum absolute atomic E-state index is 0.0808. The summed E-state index contributed by atoms with van der Waals surface area (Å²) in [5, 5.41) is 0. The monoisotopic (exact) mass is 329 g/mol. The highest BCUT2D eigenvalue weighted by Crippen LogP contribution is 2.28. The summed E-state index contributed by atoms with van der Waals surface area (Å²) >= 11 is 3.37. The number of hydrogen-bond acceptors (Lipinski definition) is 3. The number of rotatable bonds is 6. The van der Waals surface area contributed by atoms with Gasteiger partial charge in [-0.3, -0.25) is 4.79 Å². The van der Waals surface area contributed by atoms with Crippen molar-refractivity contribution in [2.45, 2.75) is 24.7 Å². The molecule has 19 heavy (non-hydrogen) atoms. The smallest absolute Gasteiger partial charge is 0.236 e. The maximum Gasteiger partial charge on any atom is 0.236 e. The normalized spacial score (nSPS) is 11.8. The molecule has 1 atom stereocenters. The molecule has 1 amide bonds. The summed E-state index contributed by atoms with van der Waals surface area (Å²) < 4.78 is 10.4. The van der Waals surface area contributed by atoms with Crippen molar-refractivity contribution < 1.29 is 14.3 Å². The van der Waals surface area contributed by atoms with Crippen LogP contribution in [0, 0.1) is 0 Å². The molecule has 1 rings (SSSR count). The predicted octanol–water partition coefficient (Wildman–Crippen LogP) is 2.84. The lowest BCUT2D eigenvalue weighted by Gasteiger charge is -2.20. The van der Waals surface area contributed by atoms with Crippen molar-refractivity contribution in [3.63, 3.8) is 0 Å². The molecule has 106 valence electrons. The van der Waals surface area contributed by atoms with Crippen molar-refractivity contribution in [1.82, 2.24) is 4.90 Å². The Kier molecular flexibility index (Phi) is 6.15. The standard InChI is InChI=1S/C14H20BrNO3/c1-5-11(15)14(17)16(2)9-10-6-7-12(18-3)13(8-10)19-4/h6-8,11H,5,9H2,1-4H3. The summed E-state index contributed by atoms with van der Waals surface area (Å²) in [6.07, 6.45) is 0.773. The van der Waals surface area contributed by atoms with Crippen LogP contribution in [0.5, 0.6) is 11.5 Å². The molecule has 0 bridgehead atoms. The van der Waals surface area contributed by atoms with Crippen LogP contribution < -0.4 is 9.47 Å². The number of hydrogen-bond donors (Lipinski definition) is 0. The number of halogens is 1. The first kappa shape index (κ1) is 15.8. The molecule has 1 aromatic rings. The molecule has 4 nitrogen and oxygen atoms in total. The molecule has 0 aliphatic carbocycles. The van der Waals surface area contributed by atoms with E-state index in [2.05, 4.69) is 15.9 Å². The number of nitrogens with zero attached hydrogens (tertiary/aromatic N) is 1. The molecular formula is C14H20BrNO3. The zero-order valence-corrected chi connectivity index (χ0v) is 13.4. The Bertz CT molecular complexity index is 437. The Morgan fingerprint density at radius 2 is 1.95 bits per heavy atom. The van der Waals surface area contributed by atoms with Gasteiger partial charge < -0.3 is 14.4 Å². The first-order valence-electron chi connectivity index (χ1n) is 6.13. The lowest BCUT2D eigenvalue weighted by molar-refractivity contribution is -0.129. The third-order valence-electron chi connectivity index (χ3n) is 2.87. The number of carbonyl (C=O) groups excluding carboxylic acids is 1. The minimum atomic E-state index is -0.127.